The maximum atomic E-state index is 11.5. The Balaban J connectivity index is 1.88. The van der Waals surface area contributed by atoms with Crippen molar-refractivity contribution in [1.29, 1.82) is 0 Å². The number of aryl methyl sites for hydroxylation is 2. The van der Waals surface area contributed by atoms with E-state index in [0.717, 1.165) is 17.1 Å². The number of fused-ring (bicyclic) bond motifs is 1. The average Bonchev–Trinajstić information content (AvgIpc) is 2.87. The highest BCUT2D eigenvalue weighted by molar-refractivity contribution is 6.34. The summed E-state index contributed by atoms with van der Waals surface area (Å²) in [5.41, 5.74) is 9.05. The SMILES string of the molecule is Cc1cc(C)n2cc(CNc3cccc(Cl)c3C(N)=O)nc2n1. The third-order valence-electron chi connectivity index (χ3n) is 3.53. The number of nitrogens with one attached hydrogen (secondary N) is 1. The lowest BCUT2D eigenvalue weighted by atomic mass is 10.1. The Kier molecular flexibility index (Phi) is 3.92. The zero-order valence-electron chi connectivity index (χ0n) is 12.8. The molecule has 0 fully saturated rings. The van der Waals surface area contributed by atoms with Gasteiger partial charge in [-0.1, -0.05) is 17.7 Å². The monoisotopic (exact) mass is 329 g/mol. The normalized spacial score (nSPS) is 10.9. The number of rotatable bonds is 4. The van der Waals surface area contributed by atoms with Crippen LogP contribution in [0.3, 0.4) is 0 Å². The van der Waals surface area contributed by atoms with Crippen LogP contribution in [0, 0.1) is 13.8 Å². The quantitative estimate of drug-likeness (QED) is 0.770. The third kappa shape index (κ3) is 2.98. The van der Waals surface area contributed by atoms with Gasteiger partial charge in [-0.15, -0.1) is 0 Å². The molecule has 0 bridgehead atoms. The molecule has 0 saturated heterocycles. The number of benzene rings is 1. The molecule has 0 atom stereocenters. The van der Waals surface area contributed by atoms with Crippen LogP contribution in [0.25, 0.3) is 5.78 Å². The Morgan fingerprint density at radius 2 is 2.13 bits per heavy atom. The van der Waals surface area contributed by atoms with Crippen molar-refractivity contribution in [2.75, 3.05) is 5.32 Å². The Morgan fingerprint density at radius 3 is 2.87 bits per heavy atom. The molecule has 118 valence electrons. The molecule has 0 aliphatic rings. The molecule has 6 nitrogen and oxygen atoms in total. The molecule has 0 saturated carbocycles. The minimum atomic E-state index is -0.568. The lowest BCUT2D eigenvalue weighted by Gasteiger charge is -2.10. The van der Waals surface area contributed by atoms with Gasteiger partial charge in [0.1, 0.15) is 0 Å². The topological polar surface area (TPSA) is 85.3 Å². The number of aromatic nitrogens is 3. The maximum absolute atomic E-state index is 11.5. The van der Waals surface area contributed by atoms with Crippen LogP contribution in [0.1, 0.15) is 27.4 Å². The molecule has 7 heteroatoms. The van der Waals surface area contributed by atoms with E-state index in [4.69, 9.17) is 17.3 Å². The van der Waals surface area contributed by atoms with E-state index in [1.165, 1.54) is 0 Å². The predicted molar refractivity (Wildman–Crippen MR) is 89.8 cm³/mol. The zero-order valence-corrected chi connectivity index (χ0v) is 13.6. The third-order valence-corrected chi connectivity index (χ3v) is 3.85. The van der Waals surface area contributed by atoms with Gasteiger partial charge in [0.15, 0.2) is 0 Å². The van der Waals surface area contributed by atoms with Crippen molar-refractivity contribution in [3.05, 3.63) is 58.1 Å². The zero-order chi connectivity index (χ0) is 16.6. The first-order valence-corrected chi connectivity index (χ1v) is 7.48. The summed E-state index contributed by atoms with van der Waals surface area (Å²) in [6.07, 6.45) is 1.92. The molecular weight excluding hydrogens is 314 g/mol. The van der Waals surface area contributed by atoms with Crippen molar-refractivity contribution in [2.45, 2.75) is 20.4 Å². The number of carbonyl (C=O) groups is 1. The van der Waals surface area contributed by atoms with Crippen LogP contribution in [0.5, 0.6) is 0 Å². The van der Waals surface area contributed by atoms with Gasteiger partial charge in [-0.2, -0.15) is 0 Å². The minimum absolute atomic E-state index is 0.281. The molecule has 3 rings (SSSR count). The molecule has 0 spiro atoms. The van der Waals surface area contributed by atoms with Gasteiger partial charge in [0.25, 0.3) is 5.91 Å². The number of anilines is 1. The molecule has 2 heterocycles. The number of imidazole rings is 1. The number of hydrogen-bond donors (Lipinski definition) is 2. The van der Waals surface area contributed by atoms with Gasteiger partial charge >= 0.3 is 0 Å². The molecule has 1 aromatic carbocycles. The van der Waals surface area contributed by atoms with E-state index in [9.17, 15) is 4.79 Å². The van der Waals surface area contributed by atoms with E-state index in [-0.39, 0.29) is 5.56 Å². The second kappa shape index (κ2) is 5.89. The lowest BCUT2D eigenvalue weighted by Crippen LogP contribution is -2.15. The van der Waals surface area contributed by atoms with Crippen LogP contribution in [0.4, 0.5) is 5.69 Å². The fraction of sp³-hybridized carbons (Fsp3) is 0.188. The van der Waals surface area contributed by atoms with Gasteiger partial charge in [-0.05, 0) is 32.0 Å². The van der Waals surface area contributed by atoms with Gasteiger partial charge in [0.05, 0.1) is 22.8 Å². The van der Waals surface area contributed by atoms with E-state index in [1.54, 1.807) is 18.2 Å². The van der Waals surface area contributed by atoms with Gasteiger partial charge in [0, 0.05) is 23.3 Å². The van der Waals surface area contributed by atoms with Gasteiger partial charge < -0.3 is 11.1 Å². The summed E-state index contributed by atoms with van der Waals surface area (Å²) in [6, 6.07) is 7.15. The van der Waals surface area contributed by atoms with Crippen LogP contribution in [0.15, 0.2) is 30.5 Å². The van der Waals surface area contributed by atoms with Crippen molar-refractivity contribution in [2.24, 2.45) is 5.73 Å². The summed E-state index contributed by atoms with van der Waals surface area (Å²) >= 11 is 6.04. The number of nitrogens with zero attached hydrogens (tertiary/aromatic N) is 3. The second-order valence-electron chi connectivity index (χ2n) is 5.32. The van der Waals surface area contributed by atoms with Crippen molar-refractivity contribution in [1.82, 2.24) is 14.4 Å². The minimum Gasteiger partial charge on any atom is -0.379 e. The molecule has 3 N–H and O–H groups in total. The molecule has 0 aliphatic carbocycles. The highest BCUT2D eigenvalue weighted by Gasteiger charge is 2.13. The Bertz CT molecular complexity index is 903. The summed E-state index contributed by atoms with van der Waals surface area (Å²) in [4.78, 5) is 20.4. The van der Waals surface area contributed by atoms with Gasteiger partial charge in [-0.3, -0.25) is 9.20 Å². The molecule has 0 unspecified atom stereocenters. The summed E-state index contributed by atoms with van der Waals surface area (Å²) in [7, 11) is 0. The first kappa shape index (κ1) is 15.3. The summed E-state index contributed by atoms with van der Waals surface area (Å²) < 4.78 is 1.93. The predicted octanol–water partition coefficient (Wildman–Crippen LogP) is 2.71. The number of halogens is 1. The van der Waals surface area contributed by atoms with Crippen molar-refractivity contribution >= 4 is 29.0 Å². The van der Waals surface area contributed by atoms with Crippen LogP contribution in [-0.4, -0.2) is 20.3 Å². The Labute approximate surface area is 138 Å². The van der Waals surface area contributed by atoms with Gasteiger partial charge in [-0.25, -0.2) is 9.97 Å². The largest absolute Gasteiger partial charge is 0.379 e. The standard InChI is InChI=1S/C16H16ClN5O/c1-9-6-10(2)22-8-11(21-16(22)20-9)7-19-13-5-3-4-12(17)14(13)15(18)23/h3-6,8,19H,7H2,1-2H3,(H2,18,23). The van der Waals surface area contributed by atoms with E-state index >= 15 is 0 Å². The molecule has 2 aromatic heterocycles. The summed E-state index contributed by atoms with van der Waals surface area (Å²) in [5, 5.41) is 3.48. The van der Waals surface area contributed by atoms with Crippen molar-refractivity contribution in [3.63, 3.8) is 0 Å². The van der Waals surface area contributed by atoms with Crippen LogP contribution >= 0.6 is 11.6 Å². The van der Waals surface area contributed by atoms with Crippen molar-refractivity contribution < 1.29 is 4.79 Å². The fourth-order valence-corrected chi connectivity index (χ4v) is 2.78. The second-order valence-corrected chi connectivity index (χ2v) is 5.73. The van der Waals surface area contributed by atoms with Gasteiger partial charge in [0.2, 0.25) is 5.78 Å². The molecule has 23 heavy (non-hydrogen) atoms. The summed E-state index contributed by atoms with van der Waals surface area (Å²) in [6.45, 7) is 4.37. The number of nitrogens with two attached hydrogens (primary N) is 1. The van der Waals surface area contributed by atoms with E-state index in [2.05, 4.69) is 15.3 Å². The highest BCUT2D eigenvalue weighted by atomic mass is 35.5. The summed E-state index contributed by atoms with van der Waals surface area (Å²) in [5.74, 6) is 0.0850. The smallest absolute Gasteiger partial charge is 0.252 e. The van der Waals surface area contributed by atoms with E-state index < -0.39 is 5.91 Å². The van der Waals surface area contributed by atoms with E-state index in [1.807, 2.05) is 30.5 Å². The molecule has 3 aromatic rings. The molecule has 0 radical (unpaired) electrons. The van der Waals surface area contributed by atoms with Crippen LogP contribution in [-0.2, 0) is 6.54 Å². The van der Waals surface area contributed by atoms with Crippen LogP contribution < -0.4 is 11.1 Å². The fourth-order valence-electron chi connectivity index (χ4n) is 2.51. The first-order chi connectivity index (χ1) is 11.0. The first-order valence-electron chi connectivity index (χ1n) is 7.10. The molecule has 1 amide bonds. The van der Waals surface area contributed by atoms with E-state index in [0.29, 0.717) is 23.0 Å². The number of amides is 1. The Hall–Kier alpha value is -2.60. The average molecular weight is 330 g/mol. The maximum Gasteiger partial charge on any atom is 0.252 e. The Morgan fingerprint density at radius 1 is 1.35 bits per heavy atom. The number of primary amides is 1. The molecular formula is C16H16ClN5O. The van der Waals surface area contributed by atoms with Crippen molar-refractivity contribution in [3.8, 4) is 0 Å². The lowest BCUT2D eigenvalue weighted by molar-refractivity contribution is 0.100. The number of carbonyl (C=O) groups excluding carboxylic acids is 1. The molecule has 0 aliphatic heterocycles. The highest BCUT2D eigenvalue weighted by Crippen LogP contribution is 2.24. The number of hydrogen-bond acceptors (Lipinski definition) is 4. The van der Waals surface area contributed by atoms with Crippen LogP contribution in [0.2, 0.25) is 5.02 Å².